The number of nitrogens with zero attached hydrogens (tertiary/aromatic N) is 3. The van der Waals surface area contributed by atoms with Crippen molar-refractivity contribution in [2.75, 3.05) is 26.2 Å². The van der Waals surface area contributed by atoms with Gasteiger partial charge in [-0.3, -0.25) is 4.90 Å². The Kier molecular flexibility index (Phi) is 3.57. The molecule has 1 aromatic heterocycles. The van der Waals surface area contributed by atoms with Gasteiger partial charge in [-0.25, -0.2) is 0 Å². The van der Waals surface area contributed by atoms with Crippen LogP contribution in [0.25, 0.3) is 11.4 Å². The highest BCUT2D eigenvalue weighted by atomic mass is 16.5. The zero-order valence-corrected chi connectivity index (χ0v) is 11.1. The predicted octanol–water partition coefficient (Wildman–Crippen LogP) is 1.45. The van der Waals surface area contributed by atoms with Gasteiger partial charge < -0.3 is 9.84 Å². The highest BCUT2D eigenvalue weighted by Gasteiger charge is 2.15. The molecule has 0 amide bonds. The molecule has 0 radical (unpaired) electrons. The molecule has 1 N–H and O–H groups in total. The molecule has 1 aliphatic heterocycles. The third-order valence-corrected chi connectivity index (χ3v) is 3.47. The van der Waals surface area contributed by atoms with Crippen LogP contribution in [0.15, 0.2) is 29.1 Å². The lowest BCUT2D eigenvalue weighted by atomic mass is 10.0. The van der Waals surface area contributed by atoms with E-state index in [4.69, 9.17) is 4.52 Å². The molecule has 2 heterocycles. The fourth-order valence-electron chi connectivity index (χ4n) is 2.44. The van der Waals surface area contributed by atoms with E-state index in [1.165, 1.54) is 17.5 Å². The maximum atomic E-state index is 4.87. The normalized spacial score (nSPS) is 16.7. The van der Waals surface area contributed by atoms with Gasteiger partial charge in [0.2, 0.25) is 12.2 Å². The molecule has 5 heteroatoms. The molecule has 0 saturated carbocycles. The van der Waals surface area contributed by atoms with Crippen LogP contribution in [0.5, 0.6) is 0 Å². The van der Waals surface area contributed by atoms with Gasteiger partial charge in [-0.15, -0.1) is 0 Å². The van der Waals surface area contributed by atoms with Crippen LogP contribution in [0.4, 0.5) is 0 Å². The fourth-order valence-corrected chi connectivity index (χ4v) is 2.44. The molecule has 0 aliphatic carbocycles. The van der Waals surface area contributed by atoms with Gasteiger partial charge in [0, 0.05) is 38.3 Å². The Morgan fingerprint density at radius 3 is 2.89 bits per heavy atom. The van der Waals surface area contributed by atoms with Gasteiger partial charge in [-0.1, -0.05) is 22.9 Å². The quantitative estimate of drug-likeness (QED) is 0.903. The second kappa shape index (κ2) is 5.50. The second-order valence-electron chi connectivity index (χ2n) is 4.94. The van der Waals surface area contributed by atoms with E-state index in [1.54, 1.807) is 0 Å². The monoisotopic (exact) mass is 258 g/mol. The molecule has 3 rings (SSSR count). The summed E-state index contributed by atoms with van der Waals surface area (Å²) in [5.74, 6) is 0.675. The summed E-state index contributed by atoms with van der Waals surface area (Å²) in [6, 6.07) is 6.44. The van der Waals surface area contributed by atoms with Crippen molar-refractivity contribution in [3.05, 3.63) is 35.7 Å². The number of piperazine rings is 1. The number of aryl methyl sites for hydroxylation is 1. The number of hydrogen-bond acceptors (Lipinski definition) is 5. The molecule has 1 saturated heterocycles. The minimum Gasteiger partial charge on any atom is -0.342 e. The number of benzene rings is 1. The van der Waals surface area contributed by atoms with E-state index in [2.05, 4.69) is 45.5 Å². The van der Waals surface area contributed by atoms with E-state index in [0.29, 0.717) is 5.82 Å². The summed E-state index contributed by atoms with van der Waals surface area (Å²) in [6.07, 6.45) is 1.38. The Morgan fingerprint density at radius 1 is 1.32 bits per heavy atom. The lowest BCUT2D eigenvalue weighted by Crippen LogP contribution is -2.42. The SMILES string of the molecule is Cc1ccc(CN2CCNCC2)c(-c2ncon2)c1. The lowest BCUT2D eigenvalue weighted by Gasteiger charge is -2.27. The summed E-state index contributed by atoms with van der Waals surface area (Å²) >= 11 is 0. The van der Waals surface area contributed by atoms with Crippen molar-refractivity contribution in [2.45, 2.75) is 13.5 Å². The number of nitrogens with one attached hydrogen (secondary N) is 1. The highest BCUT2D eigenvalue weighted by Crippen LogP contribution is 2.23. The molecule has 19 heavy (non-hydrogen) atoms. The molecule has 0 unspecified atom stereocenters. The third-order valence-electron chi connectivity index (χ3n) is 3.47. The molecular formula is C14H18N4O. The topological polar surface area (TPSA) is 54.2 Å². The van der Waals surface area contributed by atoms with Crippen LogP contribution in [0, 0.1) is 6.92 Å². The molecule has 5 nitrogen and oxygen atoms in total. The van der Waals surface area contributed by atoms with Gasteiger partial charge in [0.25, 0.3) is 0 Å². The molecule has 0 spiro atoms. The first-order valence-electron chi connectivity index (χ1n) is 6.62. The van der Waals surface area contributed by atoms with Crippen LogP contribution >= 0.6 is 0 Å². The van der Waals surface area contributed by atoms with E-state index < -0.39 is 0 Å². The highest BCUT2D eigenvalue weighted by molar-refractivity contribution is 5.60. The minimum atomic E-state index is 0.675. The van der Waals surface area contributed by atoms with Gasteiger partial charge in [-0.2, -0.15) is 4.98 Å². The Bertz CT molecular complexity index is 532. The van der Waals surface area contributed by atoms with Crippen molar-refractivity contribution >= 4 is 0 Å². The minimum absolute atomic E-state index is 0.675. The zero-order valence-electron chi connectivity index (χ0n) is 11.1. The van der Waals surface area contributed by atoms with Crippen molar-refractivity contribution in [1.82, 2.24) is 20.4 Å². The number of aromatic nitrogens is 2. The molecule has 2 aromatic rings. The Hall–Kier alpha value is -1.72. The van der Waals surface area contributed by atoms with Crippen LogP contribution in [-0.2, 0) is 6.54 Å². The van der Waals surface area contributed by atoms with E-state index in [-0.39, 0.29) is 0 Å². The summed E-state index contributed by atoms with van der Waals surface area (Å²) in [7, 11) is 0. The Balaban J connectivity index is 1.87. The van der Waals surface area contributed by atoms with Gasteiger partial charge in [0.1, 0.15) is 0 Å². The molecule has 1 aromatic carbocycles. The lowest BCUT2D eigenvalue weighted by molar-refractivity contribution is 0.233. The molecule has 1 fully saturated rings. The average molecular weight is 258 g/mol. The summed E-state index contributed by atoms with van der Waals surface area (Å²) in [5.41, 5.74) is 3.55. The zero-order chi connectivity index (χ0) is 13.1. The van der Waals surface area contributed by atoms with Crippen molar-refractivity contribution in [1.29, 1.82) is 0 Å². The number of rotatable bonds is 3. The largest absolute Gasteiger partial charge is 0.342 e. The predicted molar refractivity (Wildman–Crippen MR) is 72.6 cm³/mol. The molecule has 100 valence electrons. The van der Waals surface area contributed by atoms with Gasteiger partial charge >= 0.3 is 0 Å². The van der Waals surface area contributed by atoms with E-state index in [0.717, 1.165) is 38.3 Å². The van der Waals surface area contributed by atoms with Gasteiger partial charge in [0.15, 0.2) is 0 Å². The first-order valence-corrected chi connectivity index (χ1v) is 6.62. The maximum absolute atomic E-state index is 4.87. The van der Waals surface area contributed by atoms with Crippen molar-refractivity contribution in [2.24, 2.45) is 0 Å². The first-order chi connectivity index (χ1) is 9.33. The van der Waals surface area contributed by atoms with Crippen molar-refractivity contribution in [3.63, 3.8) is 0 Å². The molecule has 0 bridgehead atoms. The van der Waals surface area contributed by atoms with Crippen LogP contribution in [0.1, 0.15) is 11.1 Å². The van der Waals surface area contributed by atoms with Crippen molar-refractivity contribution in [3.8, 4) is 11.4 Å². The smallest absolute Gasteiger partial charge is 0.214 e. The second-order valence-corrected chi connectivity index (χ2v) is 4.94. The van der Waals surface area contributed by atoms with Crippen LogP contribution in [-0.4, -0.2) is 41.2 Å². The molecular weight excluding hydrogens is 240 g/mol. The number of hydrogen-bond donors (Lipinski definition) is 1. The Morgan fingerprint density at radius 2 is 2.16 bits per heavy atom. The summed E-state index contributed by atoms with van der Waals surface area (Å²) in [4.78, 5) is 6.62. The summed E-state index contributed by atoms with van der Waals surface area (Å²) < 4.78 is 4.87. The van der Waals surface area contributed by atoms with Crippen molar-refractivity contribution < 1.29 is 4.52 Å². The maximum Gasteiger partial charge on any atom is 0.214 e. The third kappa shape index (κ3) is 2.83. The Labute approximate surface area is 112 Å². The van der Waals surface area contributed by atoms with E-state index in [1.807, 2.05) is 0 Å². The summed E-state index contributed by atoms with van der Waals surface area (Å²) in [6.45, 7) is 7.30. The van der Waals surface area contributed by atoms with Crippen LogP contribution < -0.4 is 5.32 Å². The fraction of sp³-hybridized carbons (Fsp3) is 0.429. The molecule has 0 atom stereocenters. The average Bonchev–Trinajstić information content (AvgIpc) is 2.96. The summed E-state index contributed by atoms with van der Waals surface area (Å²) in [5, 5.41) is 7.33. The first kappa shape index (κ1) is 12.3. The van der Waals surface area contributed by atoms with E-state index in [9.17, 15) is 0 Å². The standard InChI is InChI=1S/C14H18N4O/c1-11-2-3-12(9-18-6-4-15-5-7-18)13(8-11)14-16-10-19-17-14/h2-3,8,10,15H,4-7,9H2,1H3. The van der Waals surface area contributed by atoms with Gasteiger partial charge in [0.05, 0.1) is 0 Å². The van der Waals surface area contributed by atoms with Crippen LogP contribution in [0.3, 0.4) is 0 Å². The van der Waals surface area contributed by atoms with Gasteiger partial charge in [-0.05, 0) is 18.6 Å². The van der Waals surface area contributed by atoms with E-state index >= 15 is 0 Å². The molecule has 1 aliphatic rings. The van der Waals surface area contributed by atoms with Crippen LogP contribution in [0.2, 0.25) is 0 Å².